The predicted molar refractivity (Wildman–Crippen MR) is 106 cm³/mol. The number of rotatable bonds is 6. The van der Waals surface area contributed by atoms with Gasteiger partial charge in [-0.05, 0) is 48.2 Å². The van der Waals surface area contributed by atoms with Crippen molar-refractivity contribution >= 4 is 23.2 Å². The molecule has 4 heteroatoms. The summed E-state index contributed by atoms with van der Waals surface area (Å²) in [5, 5.41) is 3.37. The molecular weight excluding hydrogens is 346 g/mol. The van der Waals surface area contributed by atoms with Gasteiger partial charge in [0.05, 0.1) is 12.1 Å². The third kappa shape index (κ3) is 4.44. The van der Waals surface area contributed by atoms with E-state index in [9.17, 15) is 4.79 Å². The van der Waals surface area contributed by atoms with Gasteiger partial charge in [0.25, 0.3) is 5.91 Å². The maximum absolute atomic E-state index is 12.7. The lowest BCUT2D eigenvalue weighted by Crippen LogP contribution is -2.14. The molecule has 0 aromatic heterocycles. The van der Waals surface area contributed by atoms with E-state index in [-0.39, 0.29) is 5.91 Å². The number of halogens is 1. The van der Waals surface area contributed by atoms with Crippen LogP contribution in [0.5, 0.6) is 5.75 Å². The number of ether oxygens (including phenoxy) is 1. The Bertz CT molecular complexity index is 894. The van der Waals surface area contributed by atoms with Crippen molar-refractivity contribution in [3.8, 4) is 5.75 Å². The summed E-state index contributed by atoms with van der Waals surface area (Å²) in [6.07, 6.45) is 1.69. The van der Waals surface area contributed by atoms with Crippen LogP contribution in [0, 0.1) is 0 Å². The lowest BCUT2D eigenvalue weighted by molar-refractivity contribution is 0.102. The average Bonchev–Trinajstić information content (AvgIpc) is 2.67. The molecule has 3 rings (SSSR count). The smallest absolute Gasteiger partial charge is 0.255 e. The van der Waals surface area contributed by atoms with Crippen LogP contribution in [-0.4, -0.2) is 13.0 Å². The number of hydrogen-bond donors (Lipinski definition) is 1. The van der Waals surface area contributed by atoms with Crippen molar-refractivity contribution in [3.63, 3.8) is 0 Å². The van der Waals surface area contributed by atoms with Gasteiger partial charge in [-0.3, -0.25) is 4.79 Å². The molecule has 0 saturated carbocycles. The summed E-state index contributed by atoms with van der Waals surface area (Å²) < 4.78 is 5.14. The standard InChI is InChI=1S/C22H20ClNO2/c1-26-21-14-13-18(15-20(21)23)24-22(25)19-10-6-5-9-17(19)12-11-16-7-3-2-4-8-16/h2-10,13-15H,11-12H2,1H3,(H,24,25). The van der Waals surface area contributed by atoms with E-state index in [1.54, 1.807) is 25.3 Å². The molecule has 0 heterocycles. The highest BCUT2D eigenvalue weighted by Crippen LogP contribution is 2.27. The summed E-state index contributed by atoms with van der Waals surface area (Å²) in [5.74, 6) is 0.433. The Hall–Kier alpha value is -2.78. The second kappa shape index (κ2) is 8.54. The number of nitrogens with one attached hydrogen (secondary N) is 1. The Morgan fingerprint density at radius 2 is 1.69 bits per heavy atom. The van der Waals surface area contributed by atoms with Crippen molar-refractivity contribution in [3.05, 3.63) is 94.5 Å². The van der Waals surface area contributed by atoms with Gasteiger partial charge in [0.15, 0.2) is 0 Å². The number of aryl methyl sites for hydroxylation is 2. The van der Waals surface area contributed by atoms with Gasteiger partial charge in [0.1, 0.15) is 5.75 Å². The Morgan fingerprint density at radius 1 is 0.962 bits per heavy atom. The van der Waals surface area contributed by atoms with Gasteiger partial charge < -0.3 is 10.1 Å². The van der Waals surface area contributed by atoms with Gasteiger partial charge in [0.2, 0.25) is 0 Å². The lowest BCUT2D eigenvalue weighted by Gasteiger charge is -2.11. The van der Waals surface area contributed by atoms with Gasteiger partial charge in [-0.25, -0.2) is 0 Å². The average molecular weight is 366 g/mol. The molecule has 0 aliphatic carbocycles. The highest BCUT2D eigenvalue weighted by atomic mass is 35.5. The lowest BCUT2D eigenvalue weighted by atomic mass is 9.99. The van der Waals surface area contributed by atoms with Gasteiger partial charge >= 0.3 is 0 Å². The summed E-state index contributed by atoms with van der Waals surface area (Å²) in [7, 11) is 1.56. The fourth-order valence-electron chi connectivity index (χ4n) is 2.83. The minimum Gasteiger partial charge on any atom is -0.495 e. The fourth-order valence-corrected chi connectivity index (χ4v) is 3.08. The van der Waals surface area contributed by atoms with Crippen LogP contribution in [0.15, 0.2) is 72.8 Å². The van der Waals surface area contributed by atoms with E-state index in [0.29, 0.717) is 22.0 Å². The van der Waals surface area contributed by atoms with Crippen LogP contribution < -0.4 is 10.1 Å². The Morgan fingerprint density at radius 3 is 2.42 bits per heavy atom. The molecule has 26 heavy (non-hydrogen) atoms. The first kappa shape index (κ1) is 18.0. The summed E-state index contributed by atoms with van der Waals surface area (Å²) in [4.78, 5) is 12.7. The van der Waals surface area contributed by atoms with Crippen LogP contribution in [0.4, 0.5) is 5.69 Å². The molecule has 3 aromatic rings. The summed E-state index contributed by atoms with van der Waals surface area (Å²) in [6, 6.07) is 23.1. The van der Waals surface area contributed by atoms with E-state index >= 15 is 0 Å². The number of methoxy groups -OCH3 is 1. The maximum atomic E-state index is 12.7. The minimum atomic E-state index is -0.144. The molecule has 0 aliphatic rings. The molecule has 0 unspecified atom stereocenters. The minimum absolute atomic E-state index is 0.144. The van der Waals surface area contributed by atoms with Crippen molar-refractivity contribution in [1.82, 2.24) is 0 Å². The van der Waals surface area contributed by atoms with Crippen LogP contribution in [0.2, 0.25) is 5.02 Å². The van der Waals surface area contributed by atoms with Gasteiger partial charge in [-0.15, -0.1) is 0 Å². The van der Waals surface area contributed by atoms with Crippen molar-refractivity contribution in [2.24, 2.45) is 0 Å². The number of carbonyl (C=O) groups excluding carboxylic acids is 1. The molecule has 0 aliphatic heterocycles. The van der Waals surface area contributed by atoms with Gasteiger partial charge in [-0.2, -0.15) is 0 Å². The Labute approximate surface area is 158 Å². The van der Waals surface area contributed by atoms with E-state index in [1.165, 1.54) is 5.56 Å². The molecule has 3 aromatic carbocycles. The summed E-state index contributed by atoms with van der Waals surface area (Å²) in [6.45, 7) is 0. The fraction of sp³-hybridized carbons (Fsp3) is 0.136. The first-order chi connectivity index (χ1) is 12.7. The van der Waals surface area contributed by atoms with Crippen molar-refractivity contribution in [2.45, 2.75) is 12.8 Å². The highest BCUT2D eigenvalue weighted by molar-refractivity contribution is 6.32. The van der Waals surface area contributed by atoms with Crippen molar-refractivity contribution < 1.29 is 9.53 Å². The number of hydrogen-bond acceptors (Lipinski definition) is 2. The maximum Gasteiger partial charge on any atom is 0.255 e. The largest absolute Gasteiger partial charge is 0.495 e. The monoisotopic (exact) mass is 365 g/mol. The van der Waals surface area contributed by atoms with Crippen molar-refractivity contribution in [1.29, 1.82) is 0 Å². The SMILES string of the molecule is COc1ccc(NC(=O)c2ccccc2CCc2ccccc2)cc1Cl. The number of carbonyl (C=O) groups is 1. The zero-order valence-electron chi connectivity index (χ0n) is 14.5. The first-order valence-electron chi connectivity index (χ1n) is 8.44. The number of amides is 1. The van der Waals surface area contributed by atoms with E-state index in [2.05, 4.69) is 17.4 Å². The van der Waals surface area contributed by atoms with E-state index in [1.807, 2.05) is 42.5 Å². The molecule has 0 radical (unpaired) electrons. The molecule has 0 saturated heterocycles. The third-order valence-corrected chi connectivity index (χ3v) is 4.49. The Kier molecular flexibility index (Phi) is 5.92. The van der Waals surface area contributed by atoms with E-state index in [4.69, 9.17) is 16.3 Å². The van der Waals surface area contributed by atoms with Crippen LogP contribution in [0.3, 0.4) is 0 Å². The second-order valence-corrected chi connectivity index (χ2v) is 6.35. The van der Waals surface area contributed by atoms with E-state index < -0.39 is 0 Å². The van der Waals surface area contributed by atoms with Crippen molar-refractivity contribution in [2.75, 3.05) is 12.4 Å². The number of benzene rings is 3. The van der Waals surface area contributed by atoms with E-state index in [0.717, 1.165) is 18.4 Å². The molecule has 0 atom stereocenters. The summed E-state index contributed by atoms with van der Waals surface area (Å²) >= 11 is 6.13. The third-order valence-electron chi connectivity index (χ3n) is 4.20. The molecule has 0 spiro atoms. The predicted octanol–water partition coefficient (Wildman–Crippen LogP) is 5.39. The van der Waals surface area contributed by atoms with Gasteiger partial charge in [0, 0.05) is 11.3 Å². The zero-order valence-corrected chi connectivity index (χ0v) is 15.3. The molecule has 1 amide bonds. The van der Waals surface area contributed by atoms with Crippen LogP contribution >= 0.6 is 11.6 Å². The van der Waals surface area contributed by atoms with Crippen LogP contribution in [-0.2, 0) is 12.8 Å². The quantitative estimate of drug-likeness (QED) is 0.636. The topological polar surface area (TPSA) is 38.3 Å². The molecule has 1 N–H and O–H groups in total. The number of anilines is 1. The molecule has 132 valence electrons. The zero-order chi connectivity index (χ0) is 18.4. The van der Waals surface area contributed by atoms with Crippen LogP contribution in [0.25, 0.3) is 0 Å². The highest BCUT2D eigenvalue weighted by Gasteiger charge is 2.12. The molecule has 3 nitrogen and oxygen atoms in total. The van der Waals surface area contributed by atoms with Gasteiger partial charge in [-0.1, -0.05) is 60.1 Å². The Balaban J connectivity index is 1.74. The molecule has 0 fully saturated rings. The first-order valence-corrected chi connectivity index (χ1v) is 8.82. The molecule has 0 bridgehead atoms. The van der Waals surface area contributed by atoms with Crippen LogP contribution in [0.1, 0.15) is 21.5 Å². The second-order valence-electron chi connectivity index (χ2n) is 5.95. The normalized spacial score (nSPS) is 10.4. The summed E-state index contributed by atoms with van der Waals surface area (Å²) in [5.41, 5.74) is 3.59. The molecular formula is C22H20ClNO2.